The van der Waals surface area contributed by atoms with E-state index in [0.717, 1.165) is 11.8 Å². The van der Waals surface area contributed by atoms with Crippen LogP contribution in [-0.2, 0) is 4.79 Å². The second-order valence-corrected chi connectivity index (χ2v) is 9.42. The maximum Gasteiger partial charge on any atom is 0.277 e. The molecule has 4 bridgehead atoms. The van der Waals surface area contributed by atoms with Crippen LogP contribution in [0.3, 0.4) is 0 Å². The smallest absolute Gasteiger partial charge is 0.277 e. The first-order valence-corrected chi connectivity index (χ1v) is 11.0. The Morgan fingerprint density at radius 3 is 2.38 bits per heavy atom. The highest BCUT2D eigenvalue weighted by Crippen LogP contribution is 2.53. The van der Waals surface area contributed by atoms with Gasteiger partial charge in [-0.25, -0.2) is 0 Å². The molecule has 152 valence electrons. The molecular formula is C20H22N4O4S. The van der Waals surface area contributed by atoms with E-state index < -0.39 is 4.92 Å². The molecule has 0 spiro atoms. The number of thioether (sulfide) groups is 1. The normalized spacial score (nSPS) is 29.7. The average molecular weight is 414 g/mol. The van der Waals surface area contributed by atoms with Gasteiger partial charge in [0.1, 0.15) is 0 Å². The van der Waals surface area contributed by atoms with Crippen molar-refractivity contribution < 1.29 is 14.1 Å². The zero-order valence-electron chi connectivity index (χ0n) is 15.8. The minimum absolute atomic E-state index is 0.00400. The number of non-ortho nitro benzene ring substituents is 1. The van der Waals surface area contributed by atoms with Crippen molar-refractivity contribution in [1.29, 1.82) is 0 Å². The van der Waals surface area contributed by atoms with Crippen LogP contribution in [0.1, 0.15) is 32.1 Å². The quantitative estimate of drug-likeness (QED) is 0.436. The van der Waals surface area contributed by atoms with Gasteiger partial charge in [0.25, 0.3) is 10.9 Å². The molecule has 0 unspecified atom stereocenters. The van der Waals surface area contributed by atoms with Crippen LogP contribution in [0.2, 0.25) is 0 Å². The lowest BCUT2D eigenvalue weighted by molar-refractivity contribution is -0.384. The van der Waals surface area contributed by atoms with E-state index in [4.69, 9.17) is 4.42 Å². The monoisotopic (exact) mass is 414 g/mol. The highest BCUT2D eigenvalue weighted by molar-refractivity contribution is 7.99. The lowest BCUT2D eigenvalue weighted by Gasteiger charge is -2.54. The van der Waals surface area contributed by atoms with Crippen LogP contribution < -0.4 is 5.32 Å². The van der Waals surface area contributed by atoms with E-state index in [1.165, 1.54) is 56.0 Å². The van der Waals surface area contributed by atoms with Crippen molar-refractivity contribution in [3.8, 4) is 11.5 Å². The number of aromatic nitrogens is 2. The summed E-state index contributed by atoms with van der Waals surface area (Å²) in [4.78, 5) is 22.8. The molecule has 6 rings (SSSR count). The summed E-state index contributed by atoms with van der Waals surface area (Å²) in [5, 5.41) is 22.3. The van der Waals surface area contributed by atoms with Gasteiger partial charge in [-0.15, -0.1) is 10.2 Å². The summed E-state index contributed by atoms with van der Waals surface area (Å²) in [5.41, 5.74) is 0.609. The molecule has 0 radical (unpaired) electrons. The van der Waals surface area contributed by atoms with Crippen molar-refractivity contribution in [1.82, 2.24) is 15.5 Å². The Morgan fingerprint density at radius 2 is 1.76 bits per heavy atom. The first-order valence-electron chi connectivity index (χ1n) is 10.1. The van der Waals surface area contributed by atoms with Crippen LogP contribution in [0.4, 0.5) is 5.69 Å². The second kappa shape index (κ2) is 7.44. The Bertz CT molecular complexity index is 901. The van der Waals surface area contributed by atoms with Crippen molar-refractivity contribution in [2.24, 2.45) is 23.7 Å². The molecule has 29 heavy (non-hydrogen) atoms. The van der Waals surface area contributed by atoms with Gasteiger partial charge in [-0.3, -0.25) is 14.9 Å². The Morgan fingerprint density at radius 1 is 1.10 bits per heavy atom. The Labute approximate surface area is 172 Å². The summed E-state index contributed by atoms with van der Waals surface area (Å²) in [5.74, 6) is 3.61. The molecule has 0 atom stereocenters. The van der Waals surface area contributed by atoms with Gasteiger partial charge in [0.15, 0.2) is 0 Å². The Balaban J connectivity index is 1.16. The summed E-state index contributed by atoms with van der Waals surface area (Å²) >= 11 is 1.22. The highest BCUT2D eigenvalue weighted by Gasteiger charge is 2.48. The third-order valence-electron chi connectivity index (χ3n) is 6.61. The van der Waals surface area contributed by atoms with E-state index in [2.05, 4.69) is 15.5 Å². The van der Waals surface area contributed by atoms with Crippen molar-refractivity contribution in [2.45, 2.75) is 43.4 Å². The van der Waals surface area contributed by atoms with E-state index in [1.54, 1.807) is 12.1 Å². The van der Waals surface area contributed by atoms with Crippen molar-refractivity contribution in [3.63, 3.8) is 0 Å². The first-order chi connectivity index (χ1) is 14.0. The lowest BCUT2D eigenvalue weighted by Crippen LogP contribution is -2.56. The average Bonchev–Trinajstić information content (AvgIpc) is 3.18. The number of nitro benzene ring substituents is 1. The van der Waals surface area contributed by atoms with Crippen LogP contribution in [0.25, 0.3) is 11.5 Å². The fourth-order valence-corrected chi connectivity index (χ4v) is 6.20. The zero-order valence-corrected chi connectivity index (χ0v) is 16.6. The maximum atomic E-state index is 12.5. The van der Waals surface area contributed by atoms with E-state index >= 15 is 0 Å². The molecule has 9 heteroatoms. The van der Waals surface area contributed by atoms with Crippen molar-refractivity contribution >= 4 is 23.4 Å². The second-order valence-electron chi connectivity index (χ2n) is 8.49. The summed E-state index contributed by atoms with van der Waals surface area (Å²) in [6.07, 6.45) is 6.49. The molecule has 8 nitrogen and oxygen atoms in total. The topological polar surface area (TPSA) is 111 Å². The molecule has 4 saturated carbocycles. The van der Waals surface area contributed by atoms with E-state index in [9.17, 15) is 14.9 Å². The van der Waals surface area contributed by atoms with Gasteiger partial charge in [-0.1, -0.05) is 11.8 Å². The third-order valence-corrected chi connectivity index (χ3v) is 7.43. The van der Waals surface area contributed by atoms with Crippen LogP contribution in [-0.4, -0.2) is 32.8 Å². The van der Waals surface area contributed by atoms with Crippen LogP contribution in [0, 0.1) is 33.8 Å². The summed E-state index contributed by atoms with van der Waals surface area (Å²) in [6.45, 7) is 0. The molecule has 0 saturated heterocycles. The minimum Gasteiger partial charge on any atom is -0.411 e. The van der Waals surface area contributed by atoms with Crippen LogP contribution >= 0.6 is 11.8 Å². The predicted molar refractivity (Wildman–Crippen MR) is 106 cm³/mol. The molecule has 1 N–H and O–H groups in total. The largest absolute Gasteiger partial charge is 0.411 e. The SMILES string of the molecule is O=C(CSc1nnc(-c2ccc([N+](=O)[O-])cc2)o1)NC1C2CC3CC(C2)CC1C3. The summed E-state index contributed by atoms with van der Waals surface area (Å²) < 4.78 is 5.60. The lowest BCUT2D eigenvalue weighted by atomic mass is 9.54. The molecule has 1 heterocycles. The van der Waals surface area contributed by atoms with Gasteiger partial charge in [-0.05, 0) is 67.9 Å². The summed E-state index contributed by atoms with van der Waals surface area (Å²) in [6, 6.07) is 6.25. The fourth-order valence-electron chi connectivity index (χ4n) is 5.63. The van der Waals surface area contributed by atoms with Gasteiger partial charge in [-0.2, -0.15) is 0 Å². The minimum atomic E-state index is -0.457. The van der Waals surface area contributed by atoms with Gasteiger partial charge in [0.05, 0.1) is 10.7 Å². The number of hydrogen-bond acceptors (Lipinski definition) is 7. The van der Waals surface area contributed by atoms with E-state index in [1.807, 2.05) is 0 Å². The van der Waals surface area contributed by atoms with Crippen molar-refractivity contribution in [3.05, 3.63) is 34.4 Å². The molecular weight excluding hydrogens is 392 g/mol. The number of rotatable bonds is 6. The number of hydrogen-bond donors (Lipinski definition) is 1. The highest BCUT2D eigenvalue weighted by atomic mass is 32.2. The molecule has 1 aromatic carbocycles. The first kappa shape index (κ1) is 18.6. The van der Waals surface area contributed by atoms with Crippen molar-refractivity contribution in [2.75, 3.05) is 5.75 Å². The molecule has 4 aliphatic carbocycles. The molecule has 1 amide bonds. The van der Waals surface area contributed by atoms with Gasteiger partial charge >= 0.3 is 0 Å². The van der Waals surface area contributed by atoms with Crippen LogP contribution in [0.15, 0.2) is 33.9 Å². The van der Waals surface area contributed by atoms with Crippen LogP contribution in [0.5, 0.6) is 0 Å². The standard InChI is InChI=1S/C20H22N4O4S/c25-17(21-18-14-6-11-5-12(8-14)9-15(18)7-11)10-29-20-23-22-19(28-20)13-1-3-16(4-2-13)24(26)27/h1-4,11-12,14-15,18H,5-10H2,(H,21,25). The number of nitrogens with zero attached hydrogens (tertiary/aromatic N) is 3. The predicted octanol–water partition coefficient (Wildman–Crippen LogP) is 3.68. The maximum absolute atomic E-state index is 12.5. The van der Waals surface area contributed by atoms with Gasteiger partial charge in [0, 0.05) is 23.7 Å². The number of carbonyl (C=O) groups is 1. The third kappa shape index (κ3) is 3.75. The Kier molecular flexibility index (Phi) is 4.77. The molecule has 4 aliphatic rings. The number of nitrogens with one attached hydrogen (secondary N) is 1. The molecule has 4 fully saturated rings. The molecule has 1 aromatic heterocycles. The van der Waals surface area contributed by atoms with E-state index in [0.29, 0.717) is 28.7 Å². The number of amides is 1. The number of nitro groups is 1. The van der Waals surface area contributed by atoms with Gasteiger partial charge < -0.3 is 9.73 Å². The molecule has 0 aliphatic heterocycles. The number of carbonyl (C=O) groups excluding carboxylic acids is 1. The fraction of sp³-hybridized carbons (Fsp3) is 0.550. The van der Waals surface area contributed by atoms with Gasteiger partial charge in [0.2, 0.25) is 11.8 Å². The molecule has 2 aromatic rings. The number of benzene rings is 1. The zero-order chi connectivity index (χ0) is 20.0. The summed E-state index contributed by atoms with van der Waals surface area (Å²) in [7, 11) is 0. The Hall–Kier alpha value is -2.42. The van der Waals surface area contributed by atoms with E-state index in [-0.39, 0.29) is 23.2 Å².